The molecular formula is C22H22F3N3O. The summed E-state index contributed by atoms with van der Waals surface area (Å²) < 4.78 is 43.6. The first-order valence-electron chi connectivity index (χ1n) is 9.43. The molecule has 4 rings (SSSR count). The lowest BCUT2D eigenvalue weighted by Crippen LogP contribution is -2.26. The van der Waals surface area contributed by atoms with E-state index in [0.29, 0.717) is 5.52 Å². The fourth-order valence-electron chi connectivity index (χ4n) is 3.95. The van der Waals surface area contributed by atoms with E-state index < -0.39 is 18.1 Å². The van der Waals surface area contributed by atoms with Crippen LogP contribution in [-0.4, -0.2) is 25.3 Å². The van der Waals surface area contributed by atoms with Crippen LogP contribution in [0.4, 0.5) is 13.2 Å². The molecule has 0 bridgehead atoms. The third kappa shape index (κ3) is 3.40. The third-order valence-electron chi connectivity index (χ3n) is 5.49. The molecule has 4 nitrogen and oxygen atoms in total. The SMILES string of the molecule is Cc1ccc2c(c1)c(C)c(C)n2CC(O)Cn1c(C(F)(F)F)nc2ccccc21. The topological polar surface area (TPSA) is 43.0 Å². The van der Waals surface area contributed by atoms with Gasteiger partial charge in [-0.05, 0) is 50.6 Å². The molecule has 0 aliphatic heterocycles. The molecule has 2 aromatic heterocycles. The zero-order chi connectivity index (χ0) is 20.9. The highest BCUT2D eigenvalue weighted by atomic mass is 19.4. The third-order valence-corrected chi connectivity index (χ3v) is 5.49. The van der Waals surface area contributed by atoms with E-state index in [1.165, 1.54) is 0 Å². The van der Waals surface area contributed by atoms with Crippen LogP contribution in [0.25, 0.3) is 21.9 Å². The van der Waals surface area contributed by atoms with Gasteiger partial charge in [0.25, 0.3) is 0 Å². The van der Waals surface area contributed by atoms with Crippen molar-refractivity contribution in [3.63, 3.8) is 0 Å². The summed E-state index contributed by atoms with van der Waals surface area (Å²) in [5.74, 6) is -0.987. The second-order valence-electron chi connectivity index (χ2n) is 7.53. The van der Waals surface area contributed by atoms with Crippen LogP contribution in [0.3, 0.4) is 0 Å². The van der Waals surface area contributed by atoms with E-state index in [9.17, 15) is 18.3 Å². The summed E-state index contributed by atoms with van der Waals surface area (Å²) in [6.45, 7) is 6.00. The Kier molecular flexibility index (Phi) is 4.65. The molecule has 0 aliphatic carbocycles. The Labute approximate surface area is 166 Å². The van der Waals surface area contributed by atoms with E-state index in [1.54, 1.807) is 24.3 Å². The molecule has 0 spiro atoms. The number of rotatable bonds is 4. The average molecular weight is 401 g/mol. The maximum absolute atomic E-state index is 13.5. The van der Waals surface area contributed by atoms with Gasteiger partial charge in [0.15, 0.2) is 0 Å². The van der Waals surface area contributed by atoms with Gasteiger partial charge < -0.3 is 14.2 Å². The van der Waals surface area contributed by atoms with E-state index in [0.717, 1.165) is 32.3 Å². The van der Waals surface area contributed by atoms with E-state index in [4.69, 9.17) is 0 Å². The molecular weight excluding hydrogens is 379 g/mol. The smallest absolute Gasteiger partial charge is 0.389 e. The maximum Gasteiger partial charge on any atom is 0.449 e. The van der Waals surface area contributed by atoms with Crippen LogP contribution in [-0.2, 0) is 19.3 Å². The van der Waals surface area contributed by atoms with Gasteiger partial charge in [-0.15, -0.1) is 0 Å². The molecule has 0 amide bonds. The molecule has 1 atom stereocenters. The number of imidazole rings is 1. The zero-order valence-electron chi connectivity index (χ0n) is 16.5. The van der Waals surface area contributed by atoms with Crippen molar-refractivity contribution >= 4 is 21.9 Å². The molecule has 1 N–H and O–H groups in total. The van der Waals surface area contributed by atoms with Crippen LogP contribution < -0.4 is 0 Å². The lowest BCUT2D eigenvalue weighted by Gasteiger charge is -2.18. The van der Waals surface area contributed by atoms with Crippen molar-refractivity contribution in [1.82, 2.24) is 14.1 Å². The number of halogens is 3. The molecule has 7 heteroatoms. The predicted octanol–water partition coefficient (Wildman–Crippen LogP) is 5.00. The molecule has 0 fully saturated rings. The molecule has 2 heterocycles. The summed E-state index contributed by atoms with van der Waals surface area (Å²) in [6, 6.07) is 12.5. The first-order chi connectivity index (χ1) is 13.7. The molecule has 0 saturated carbocycles. The highest BCUT2D eigenvalue weighted by molar-refractivity contribution is 5.86. The van der Waals surface area contributed by atoms with Gasteiger partial charge >= 0.3 is 6.18 Å². The summed E-state index contributed by atoms with van der Waals surface area (Å²) >= 11 is 0. The van der Waals surface area contributed by atoms with Crippen molar-refractivity contribution in [2.24, 2.45) is 0 Å². The number of nitrogens with zero attached hydrogens (tertiary/aromatic N) is 3. The van der Waals surface area contributed by atoms with Gasteiger partial charge in [0.2, 0.25) is 5.82 Å². The number of aromatic nitrogens is 3. The van der Waals surface area contributed by atoms with Crippen LogP contribution in [0.2, 0.25) is 0 Å². The van der Waals surface area contributed by atoms with Crippen molar-refractivity contribution < 1.29 is 18.3 Å². The molecule has 2 aromatic carbocycles. The van der Waals surface area contributed by atoms with Crippen LogP contribution >= 0.6 is 0 Å². The average Bonchev–Trinajstić information content (AvgIpc) is 3.13. The molecule has 0 radical (unpaired) electrons. The van der Waals surface area contributed by atoms with Gasteiger partial charge in [0.1, 0.15) is 0 Å². The molecule has 152 valence electrons. The summed E-state index contributed by atoms with van der Waals surface area (Å²) in [5, 5.41) is 11.8. The maximum atomic E-state index is 13.5. The van der Waals surface area contributed by atoms with Crippen LogP contribution in [0, 0.1) is 20.8 Å². The quantitative estimate of drug-likeness (QED) is 0.523. The normalized spacial score (nSPS) is 13.5. The van der Waals surface area contributed by atoms with Gasteiger partial charge in [0.05, 0.1) is 30.2 Å². The second-order valence-corrected chi connectivity index (χ2v) is 7.53. The van der Waals surface area contributed by atoms with Crippen molar-refractivity contribution in [3.05, 3.63) is 65.1 Å². The summed E-state index contributed by atoms with van der Waals surface area (Å²) in [7, 11) is 0. The van der Waals surface area contributed by atoms with Crippen LogP contribution in [0.5, 0.6) is 0 Å². The molecule has 4 aromatic rings. The fourth-order valence-corrected chi connectivity index (χ4v) is 3.95. The highest BCUT2D eigenvalue weighted by Crippen LogP contribution is 2.32. The number of aliphatic hydroxyl groups is 1. The summed E-state index contributed by atoms with van der Waals surface area (Å²) in [4.78, 5) is 3.75. The van der Waals surface area contributed by atoms with E-state index >= 15 is 0 Å². The number of alkyl halides is 3. The van der Waals surface area contributed by atoms with Crippen molar-refractivity contribution in [3.8, 4) is 0 Å². The van der Waals surface area contributed by atoms with Gasteiger partial charge in [0, 0.05) is 16.6 Å². The van der Waals surface area contributed by atoms with Crippen LogP contribution in [0.15, 0.2) is 42.5 Å². The first kappa shape index (κ1) is 19.5. The van der Waals surface area contributed by atoms with Crippen LogP contribution in [0.1, 0.15) is 22.6 Å². The minimum Gasteiger partial charge on any atom is -0.389 e. The van der Waals surface area contributed by atoms with Gasteiger partial charge in [-0.1, -0.05) is 23.8 Å². The first-order valence-corrected chi connectivity index (χ1v) is 9.43. The summed E-state index contributed by atoms with van der Waals surface area (Å²) in [5.41, 5.74) is 4.84. The van der Waals surface area contributed by atoms with E-state index in [-0.39, 0.29) is 18.6 Å². The molecule has 0 aliphatic rings. The summed E-state index contributed by atoms with van der Waals surface area (Å²) in [6.07, 6.45) is -5.60. The van der Waals surface area contributed by atoms with Crippen molar-refractivity contribution in [2.45, 2.75) is 46.1 Å². The van der Waals surface area contributed by atoms with Gasteiger partial charge in [-0.2, -0.15) is 13.2 Å². The number of para-hydroxylation sites is 2. The number of fused-ring (bicyclic) bond motifs is 2. The van der Waals surface area contributed by atoms with Crippen molar-refractivity contribution in [1.29, 1.82) is 0 Å². The number of aryl methyl sites for hydroxylation is 2. The monoisotopic (exact) mass is 401 g/mol. The lowest BCUT2D eigenvalue weighted by atomic mass is 10.1. The number of aliphatic hydroxyl groups excluding tert-OH is 1. The Hall–Kier alpha value is -2.80. The number of hydrogen-bond acceptors (Lipinski definition) is 2. The molecule has 1 unspecified atom stereocenters. The Bertz CT molecular complexity index is 1200. The molecule has 29 heavy (non-hydrogen) atoms. The van der Waals surface area contributed by atoms with Gasteiger partial charge in [-0.3, -0.25) is 0 Å². The van der Waals surface area contributed by atoms with E-state index in [1.807, 2.05) is 37.5 Å². The Morgan fingerprint density at radius 1 is 0.966 bits per heavy atom. The Morgan fingerprint density at radius 3 is 2.38 bits per heavy atom. The highest BCUT2D eigenvalue weighted by Gasteiger charge is 2.38. The second kappa shape index (κ2) is 6.91. The zero-order valence-corrected chi connectivity index (χ0v) is 16.5. The lowest BCUT2D eigenvalue weighted by molar-refractivity contribution is -0.147. The largest absolute Gasteiger partial charge is 0.449 e. The van der Waals surface area contributed by atoms with Gasteiger partial charge in [-0.25, -0.2) is 4.98 Å². The van der Waals surface area contributed by atoms with E-state index in [2.05, 4.69) is 11.1 Å². The minimum absolute atomic E-state index is 0.195. The van der Waals surface area contributed by atoms with Crippen molar-refractivity contribution in [2.75, 3.05) is 0 Å². The Morgan fingerprint density at radius 2 is 1.66 bits per heavy atom. The predicted molar refractivity (Wildman–Crippen MR) is 107 cm³/mol. The fraction of sp³-hybridized carbons (Fsp3) is 0.318. The molecule has 0 saturated heterocycles. The minimum atomic E-state index is -4.59. The number of hydrogen-bond donors (Lipinski definition) is 1. The Balaban J connectivity index is 1.71. The number of benzene rings is 2. The standard InChI is InChI=1S/C22H22F3N3O/c1-13-8-9-19-17(10-13)14(2)15(3)27(19)11-16(29)12-28-20-7-5-4-6-18(20)26-21(28)22(23,24)25/h4-10,16,29H,11-12H2,1-3H3.